The molecule has 0 aromatic carbocycles. The van der Waals surface area contributed by atoms with Gasteiger partial charge in [0.25, 0.3) is 0 Å². The van der Waals surface area contributed by atoms with Crippen molar-refractivity contribution in [3.8, 4) is 0 Å². The zero-order valence-electron chi connectivity index (χ0n) is 12.6. The molecule has 1 saturated heterocycles. The molecule has 1 aromatic heterocycles. The molecule has 20 heavy (non-hydrogen) atoms. The Bertz CT molecular complexity index is 430. The predicted octanol–water partition coefficient (Wildman–Crippen LogP) is 4.06. The molecule has 2 fully saturated rings. The van der Waals surface area contributed by atoms with Gasteiger partial charge in [0.05, 0.1) is 23.8 Å². The number of aromatic nitrogens is 1. The number of hydrogen-bond donors (Lipinski definition) is 1. The molecule has 3 nitrogen and oxygen atoms in total. The van der Waals surface area contributed by atoms with Gasteiger partial charge in [0.1, 0.15) is 0 Å². The van der Waals surface area contributed by atoms with E-state index in [0.717, 1.165) is 24.9 Å². The van der Waals surface area contributed by atoms with Crippen LogP contribution >= 0.6 is 0 Å². The fourth-order valence-corrected chi connectivity index (χ4v) is 3.90. The third-order valence-corrected chi connectivity index (χ3v) is 4.88. The van der Waals surface area contributed by atoms with Gasteiger partial charge in [-0.3, -0.25) is 4.98 Å². The number of pyridine rings is 1. The summed E-state index contributed by atoms with van der Waals surface area (Å²) in [6.07, 6.45) is 13.6. The van der Waals surface area contributed by atoms with E-state index in [9.17, 15) is 0 Å². The first-order chi connectivity index (χ1) is 9.88. The minimum atomic E-state index is 0.765. The third-order valence-electron chi connectivity index (χ3n) is 4.88. The van der Waals surface area contributed by atoms with E-state index in [0.29, 0.717) is 0 Å². The second kappa shape index (κ2) is 6.47. The molecule has 2 heterocycles. The van der Waals surface area contributed by atoms with Crippen LogP contribution in [-0.4, -0.2) is 24.1 Å². The molecule has 0 amide bonds. The van der Waals surface area contributed by atoms with E-state index in [1.54, 1.807) is 0 Å². The van der Waals surface area contributed by atoms with E-state index in [1.165, 1.54) is 56.4 Å². The molecule has 3 heteroatoms. The van der Waals surface area contributed by atoms with Gasteiger partial charge in [-0.1, -0.05) is 19.8 Å². The van der Waals surface area contributed by atoms with E-state index in [2.05, 4.69) is 28.2 Å². The second-order valence-electron chi connectivity index (χ2n) is 6.31. The fraction of sp³-hybridized carbons (Fsp3) is 0.706. The van der Waals surface area contributed by atoms with Gasteiger partial charge in [-0.25, -0.2) is 0 Å². The Hall–Kier alpha value is -1.25. The summed E-state index contributed by atoms with van der Waals surface area (Å²) >= 11 is 0. The van der Waals surface area contributed by atoms with Crippen molar-refractivity contribution in [2.45, 2.75) is 57.9 Å². The van der Waals surface area contributed by atoms with Crippen LogP contribution in [0.25, 0.3) is 0 Å². The monoisotopic (exact) mass is 273 g/mol. The molecule has 0 unspecified atom stereocenters. The topological polar surface area (TPSA) is 28.2 Å². The molecule has 0 spiro atoms. The van der Waals surface area contributed by atoms with Crippen molar-refractivity contribution in [2.75, 3.05) is 23.3 Å². The summed E-state index contributed by atoms with van der Waals surface area (Å²) in [5, 5.41) is 3.46. The number of hydrogen-bond acceptors (Lipinski definition) is 3. The van der Waals surface area contributed by atoms with Gasteiger partial charge in [-0.15, -0.1) is 0 Å². The lowest BCUT2D eigenvalue weighted by Crippen LogP contribution is -2.46. The van der Waals surface area contributed by atoms with Crippen molar-refractivity contribution < 1.29 is 0 Å². The minimum absolute atomic E-state index is 0.765. The summed E-state index contributed by atoms with van der Waals surface area (Å²) in [5.74, 6) is 0.921. The van der Waals surface area contributed by atoms with Crippen molar-refractivity contribution in [1.29, 1.82) is 0 Å². The van der Waals surface area contributed by atoms with Gasteiger partial charge >= 0.3 is 0 Å². The van der Waals surface area contributed by atoms with E-state index < -0.39 is 0 Å². The maximum Gasteiger partial charge on any atom is 0.0576 e. The van der Waals surface area contributed by atoms with Crippen LogP contribution in [0.4, 0.5) is 11.4 Å². The highest BCUT2D eigenvalue weighted by Crippen LogP contribution is 2.37. The number of fused-ring (bicyclic) bond motifs is 1. The van der Waals surface area contributed by atoms with E-state index in [1.807, 2.05) is 12.4 Å². The Labute approximate surface area is 122 Å². The first-order valence-electron chi connectivity index (χ1n) is 8.34. The van der Waals surface area contributed by atoms with Crippen LogP contribution in [0, 0.1) is 5.92 Å². The van der Waals surface area contributed by atoms with E-state index in [4.69, 9.17) is 0 Å². The molecule has 0 bridgehead atoms. The highest BCUT2D eigenvalue weighted by Gasteiger charge is 2.33. The van der Waals surface area contributed by atoms with E-state index in [-0.39, 0.29) is 0 Å². The number of anilines is 2. The summed E-state index contributed by atoms with van der Waals surface area (Å²) in [5.41, 5.74) is 2.49. The largest absolute Gasteiger partial charge is 0.384 e. The Morgan fingerprint density at radius 1 is 1.20 bits per heavy atom. The molecular formula is C17H27N3. The van der Waals surface area contributed by atoms with Crippen molar-refractivity contribution in [3.05, 3.63) is 18.5 Å². The highest BCUT2D eigenvalue weighted by molar-refractivity contribution is 5.56. The molecule has 1 aliphatic heterocycles. The Kier molecular flexibility index (Phi) is 4.44. The number of rotatable bonds is 4. The fourth-order valence-electron chi connectivity index (χ4n) is 3.90. The van der Waals surface area contributed by atoms with Crippen molar-refractivity contribution in [2.24, 2.45) is 5.92 Å². The number of nitrogens with one attached hydrogen (secondary N) is 1. The van der Waals surface area contributed by atoms with E-state index >= 15 is 0 Å². The van der Waals surface area contributed by atoms with Crippen molar-refractivity contribution in [1.82, 2.24) is 4.98 Å². The molecule has 1 aromatic rings. The first kappa shape index (κ1) is 13.7. The van der Waals surface area contributed by atoms with Gasteiger partial charge in [0, 0.05) is 19.1 Å². The van der Waals surface area contributed by atoms with Crippen LogP contribution in [0.5, 0.6) is 0 Å². The summed E-state index contributed by atoms with van der Waals surface area (Å²) in [6, 6.07) is 3.06. The number of nitrogens with zero attached hydrogens (tertiary/aromatic N) is 2. The maximum atomic E-state index is 4.45. The molecule has 2 atom stereocenters. The van der Waals surface area contributed by atoms with Gasteiger partial charge in [0.2, 0.25) is 0 Å². The van der Waals surface area contributed by atoms with Crippen molar-refractivity contribution >= 4 is 11.4 Å². The lowest BCUT2D eigenvalue weighted by Gasteiger charge is -2.45. The van der Waals surface area contributed by atoms with Gasteiger partial charge < -0.3 is 10.2 Å². The molecule has 1 N–H and O–H groups in total. The summed E-state index contributed by atoms with van der Waals surface area (Å²) in [4.78, 5) is 7.08. The maximum absolute atomic E-state index is 4.45. The van der Waals surface area contributed by atoms with Crippen molar-refractivity contribution in [3.63, 3.8) is 0 Å². The summed E-state index contributed by atoms with van der Waals surface area (Å²) in [7, 11) is 0. The Morgan fingerprint density at radius 2 is 2.05 bits per heavy atom. The van der Waals surface area contributed by atoms with Gasteiger partial charge in [-0.05, 0) is 44.1 Å². The average molecular weight is 273 g/mol. The Morgan fingerprint density at radius 3 is 2.95 bits per heavy atom. The molecule has 110 valence electrons. The summed E-state index contributed by atoms with van der Waals surface area (Å²) in [6.45, 7) is 4.43. The normalized spacial score (nSPS) is 26.1. The lowest BCUT2D eigenvalue weighted by atomic mass is 9.78. The molecule has 2 aliphatic rings. The quantitative estimate of drug-likeness (QED) is 0.896. The molecule has 0 radical (unpaired) electrons. The SMILES string of the molecule is CCCNc1cncc(N2CCC[C@H]3CCCC[C@H]32)c1. The zero-order chi connectivity index (χ0) is 13.8. The smallest absolute Gasteiger partial charge is 0.0576 e. The summed E-state index contributed by atoms with van der Waals surface area (Å²) < 4.78 is 0. The van der Waals surface area contributed by atoms with Crippen LogP contribution < -0.4 is 10.2 Å². The van der Waals surface area contributed by atoms with Crippen LogP contribution in [0.2, 0.25) is 0 Å². The third kappa shape index (κ3) is 2.92. The van der Waals surface area contributed by atoms with Crippen LogP contribution in [0.15, 0.2) is 18.5 Å². The van der Waals surface area contributed by atoms with Gasteiger partial charge in [0.15, 0.2) is 0 Å². The molecule has 3 rings (SSSR count). The predicted molar refractivity (Wildman–Crippen MR) is 85.3 cm³/mol. The lowest BCUT2D eigenvalue weighted by molar-refractivity contribution is 0.244. The molecular weight excluding hydrogens is 246 g/mol. The van der Waals surface area contributed by atoms with Crippen LogP contribution in [0.3, 0.4) is 0 Å². The van der Waals surface area contributed by atoms with Crippen LogP contribution in [-0.2, 0) is 0 Å². The second-order valence-corrected chi connectivity index (χ2v) is 6.31. The Balaban J connectivity index is 1.76. The molecule has 1 aliphatic carbocycles. The zero-order valence-corrected chi connectivity index (χ0v) is 12.6. The van der Waals surface area contributed by atoms with Gasteiger partial charge in [-0.2, -0.15) is 0 Å². The van der Waals surface area contributed by atoms with Crippen LogP contribution in [0.1, 0.15) is 51.9 Å². The first-order valence-corrected chi connectivity index (χ1v) is 8.34. The minimum Gasteiger partial charge on any atom is -0.384 e. The molecule has 1 saturated carbocycles. The number of piperidine rings is 1. The standard InChI is InChI=1S/C17H27N3/c1-2-9-19-15-11-16(13-18-12-15)20-10-5-7-14-6-3-4-8-17(14)20/h11-14,17,19H,2-10H2,1H3/t14-,17-/m1/s1. The average Bonchev–Trinajstić information content (AvgIpc) is 2.52. The highest BCUT2D eigenvalue weighted by atomic mass is 15.2.